The molecule has 0 bridgehead atoms. The highest BCUT2D eigenvalue weighted by Gasteiger charge is 2.02. The Morgan fingerprint density at radius 2 is 2.16 bits per heavy atom. The van der Waals surface area contributed by atoms with Gasteiger partial charge in [-0.1, -0.05) is 13.3 Å². The number of nitrogens with one attached hydrogen (secondary N) is 1. The van der Waals surface area contributed by atoms with Gasteiger partial charge in [0.15, 0.2) is 0 Å². The molecule has 0 atom stereocenters. The summed E-state index contributed by atoms with van der Waals surface area (Å²) >= 11 is 0. The van der Waals surface area contributed by atoms with E-state index in [-0.39, 0.29) is 5.97 Å². The van der Waals surface area contributed by atoms with Crippen molar-refractivity contribution < 1.29 is 9.53 Å². The molecule has 1 aromatic heterocycles. The summed E-state index contributed by atoms with van der Waals surface area (Å²) in [6, 6.07) is 4.24. The number of carbonyl (C=O) groups excluding carboxylic acids is 1. The standard InChI is InChI=1S/C15H26N2O2/c1-3-16-13-14-9-8-12-17(14)11-7-5-6-10-15(18)19-4-2/h8-9,12,16H,3-7,10-11,13H2,1-2H3. The molecule has 0 aliphatic rings. The fraction of sp³-hybridized carbons (Fsp3) is 0.667. The second-order valence-electron chi connectivity index (χ2n) is 4.59. The molecule has 4 nitrogen and oxygen atoms in total. The van der Waals surface area contributed by atoms with Crippen molar-refractivity contribution in [1.82, 2.24) is 9.88 Å². The third kappa shape index (κ3) is 6.43. The zero-order valence-corrected chi connectivity index (χ0v) is 12.2. The number of hydrogen-bond donors (Lipinski definition) is 1. The van der Waals surface area contributed by atoms with Crippen molar-refractivity contribution in [2.45, 2.75) is 52.6 Å². The van der Waals surface area contributed by atoms with Gasteiger partial charge in [0.2, 0.25) is 0 Å². The number of carbonyl (C=O) groups is 1. The Kier molecular flexibility index (Phi) is 7.98. The minimum absolute atomic E-state index is 0.0729. The summed E-state index contributed by atoms with van der Waals surface area (Å²) in [5.74, 6) is -0.0729. The molecule has 1 rings (SSSR count). The molecule has 1 N–H and O–H groups in total. The third-order valence-electron chi connectivity index (χ3n) is 3.06. The van der Waals surface area contributed by atoms with E-state index in [1.807, 2.05) is 6.92 Å². The lowest BCUT2D eigenvalue weighted by Gasteiger charge is -2.09. The van der Waals surface area contributed by atoms with E-state index in [0.29, 0.717) is 13.0 Å². The summed E-state index contributed by atoms with van der Waals surface area (Å²) < 4.78 is 7.19. The second-order valence-corrected chi connectivity index (χ2v) is 4.59. The lowest BCUT2D eigenvalue weighted by Crippen LogP contribution is -2.15. The summed E-state index contributed by atoms with van der Waals surface area (Å²) in [4.78, 5) is 11.2. The molecule has 1 heterocycles. The second kappa shape index (κ2) is 9.62. The van der Waals surface area contributed by atoms with E-state index in [9.17, 15) is 4.79 Å². The van der Waals surface area contributed by atoms with E-state index in [4.69, 9.17) is 4.74 Å². The first kappa shape index (κ1) is 15.8. The third-order valence-corrected chi connectivity index (χ3v) is 3.06. The van der Waals surface area contributed by atoms with Gasteiger partial charge in [-0.2, -0.15) is 0 Å². The van der Waals surface area contributed by atoms with E-state index in [1.165, 1.54) is 5.69 Å². The van der Waals surface area contributed by atoms with Crippen LogP contribution in [0.1, 0.15) is 45.2 Å². The Hall–Kier alpha value is -1.29. The zero-order chi connectivity index (χ0) is 13.9. The molecule has 0 spiro atoms. The molecule has 1 aromatic rings. The molecule has 0 saturated heterocycles. The molecule has 0 fully saturated rings. The van der Waals surface area contributed by atoms with E-state index in [0.717, 1.165) is 38.9 Å². The van der Waals surface area contributed by atoms with Gasteiger partial charge in [0.25, 0.3) is 0 Å². The van der Waals surface area contributed by atoms with Crippen LogP contribution in [0.25, 0.3) is 0 Å². The molecule has 4 heteroatoms. The number of rotatable bonds is 10. The van der Waals surface area contributed by atoms with Crippen LogP contribution >= 0.6 is 0 Å². The molecular weight excluding hydrogens is 240 g/mol. The van der Waals surface area contributed by atoms with Crippen molar-refractivity contribution in [3.05, 3.63) is 24.0 Å². The fourth-order valence-corrected chi connectivity index (χ4v) is 2.04. The lowest BCUT2D eigenvalue weighted by atomic mass is 10.2. The van der Waals surface area contributed by atoms with Crippen LogP contribution in [0.4, 0.5) is 0 Å². The maximum Gasteiger partial charge on any atom is 0.305 e. The van der Waals surface area contributed by atoms with Gasteiger partial charge in [0, 0.05) is 31.4 Å². The van der Waals surface area contributed by atoms with E-state index < -0.39 is 0 Å². The maximum atomic E-state index is 11.2. The van der Waals surface area contributed by atoms with Gasteiger partial charge in [0.05, 0.1) is 6.61 Å². The average molecular weight is 266 g/mol. The van der Waals surface area contributed by atoms with Crippen molar-refractivity contribution in [1.29, 1.82) is 0 Å². The first-order valence-electron chi connectivity index (χ1n) is 7.28. The topological polar surface area (TPSA) is 43.3 Å². The van der Waals surface area contributed by atoms with Crippen LogP contribution in [0.2, 0.25) is 0 Å². The van der Waals surface area contributed by atoms with Gasteiger partial charge >= 0.3 is 5.97 Å². The van der Waals surface area contributed by atoms with Gasteiger partial charge in [-0.05, 0) is 38.4 Å². The Bertz CT molecular complexity index is 361. The van der Waals surface area contributed by atoms with Crippen molar-refractivity contribution in [2.24, 2.45) is 0 Å². The quantitative estimate of drug-likeness (QED) is 0.523. The van der Waals surface area contributed by atoms with Gasteiger partial charge in [0.1, 0.15) is 0 Å². The summed E-state index contributed by atoms with van der Waals surface area (Å²) in [5.41, 5.74) is 1.33. The van der Waals surface area contributed by atoms with Crippen LogP contribution in [-0.4, -0.2) is 23.7 Å². The Morgan fingerprint density at radius 3 is 2.89 bits per heavy atom. The number of ether oxygens (including phenoxy) is 1. The van der Waals surface area contributed by atoms with Crippen LogP contribution in [0.5, 0.6) is 0 Å². The molecule has 0 radical (unpaired) electrons. The Morgan fingerprint density at radius 1 is 1.32 bits per heavy atom. The average Bonchev–Trinajstić information content (AvgIpc) is 2.84. The van der Waals surface area contributed by atoms with Crippen LogP contribution in [-0.2, 0) is 22.6 Å². The molecule has 0 aliphatic carbocycles. The van der Waals surface area contributed by atoms with Crippen LogP contribution in [0.3, 0.4) is 0 Å². The number of nitrogens with zero attached hydrogens (tertiary/aromatic N) is 1. The van der Waals surface area contributed by atoms with Gasteiger partial charge in [-0.15, -0.1) is 0 Å². The summed E-state index contributed by atoms with van der Waals surface area (Å²) in [6.45, 7) is 7.38. The number of aromatic nitrogens is 1. The molecule has 19 heavy (non-hydrogen) atoms. The first-order valence-corrected chi connectivity index (χ1v) is 7.28. The predicted octanol–water partition coefficient (Wildman–Crippen LogP) is 2.72. The summed E-state index contributed by atoms with van der Waals surface area (Å²) in [7, 11) is 0. The summed E-state index contributed by atoms with van der Waals surface area (Å²) in [6.07, 6.45) is 5.76. The van der Waals surface area contributed by atoms with Gasteiger partial charge in [-0.25, -0.2) is 0 Å². The zero-order valence-electron chi connectivity index (χ0n) is 12.2. The van der Waals surface area contributed by atoms with Crippen molar-refractivity contribution in [3.63, 3.8) is 0 Å². The van der Waals surface area contributed by atoms with E-state index in [2.05, 4.69) is 35.1 Å². The molecule has 0 amide bonds. The number of aryl methyl sites for hydroxylation is 1. The smallest absolute Gasteiger partial charge is 0.305 e. The lowest BCUT2D eigenvalue weighted by molar-refractivity contribution is -0.143. The Balaban J connectivity index is 2.15. The first-order chi connectivity index (χ1) is 9.27. The minimum Gasteiger partial charge on any atom is -0.466 e. The van der Waals surface area contributed by atoms with Crippen LogP contribution in [0.15, 0.2) is 18.3 Å². The molecule has 108 valence electrons. The SMILES string of the molecule is CCNCc1cccn1CCCCCC(=O)OCC. The van der Waals surface area contributed by atoms with Crippen molar-refractivity contribution >= 4 is 5.97 Å². The highest BCUT2D eigenvalue weighted by molar-refractivity contribution is 5.69. The Labute approximate surface area is 116 Å². The van der Waals surface area contributed by atoms with Crippen LogP contribution < -0.4 is 5.32 Å². The van der Waals surface area contributed by atoms with Crippen LogP contribution in [0, 0.1) is 0 Å². The fourth-order valence-electron chi connectivity index (χ4n) is 2.04. The molecule has 0 aliphatic heterocycles. The molecule has 0 unspecified atom stereocenters. The molecule has 0 aromatic carbocycles. The van der Waals surface area contributed by atoms with Crippen molar-refractivity contribution in [3.8, 4) is 0 Å². The summed E-state index contributed by atoms with van der Waals surface area (Å²) in [5, 5.41) is 3.34. The number of esters is 1. The minimum atomic E-state index is -0.0729. The monoisotopic (exact) mass is 266 g/mol. The maximum absolute atomic E-state index is 11.2. The molecular formula is C15H26N2O2. The normalized spacial score (nSPS) is 10.6. The molecule has 0 saturated carbocycles. The van der Waals surface area contributed by atoms with Crippen molar-refractivity contribution in [2.75, 3.05) is 13.2 Å². The predicted molar refractivity (Wildman–Crippen MR) is 76.9 cm³/mol. The van der Waals surface area contributed by atoms with Gasteiger partial charge < -0.3 is 14.6 Å². The number of unbranched alkanes of at least 4 members (excludes halogenated alkanes) is 2. The van der Waals surface area contributed by atoms with E-state index in [1.54, 1.807) is 0 Å². The number of hydrogen-bond acceptors (Lipinski definition) is 3. The highest BCUT2D eigenvalue weighted by Crippen LogP contribution is 2.07. The largest absolute Gasteiger partial charge is 0.466 e. The highest BCUT2D eigenvalue weighted by atomic mass is 16.5. The van der Waals surface area contributed by atoms with Gasteiger partial charge in [-0.3, -0.25) is 4.79 Å². The van der Waals surface area contributed by atoms with E-state index >= 15 is 0 Å².